The SMILES string of the molecule is Cn1c(=O)c2ccn(CC(=O)NCCCc3ccccc3)c2n(C)c1=O. The molecule has 0 radical (unpaired) electrons. The molecule has 7 nitrogen and oxygen atoms in total. The maximum absolute atomic E-state index is 12.2. The third kappa shape index (κ3) is 3.46. The van der Waals surface area contributed by atoms with Crippen LogP contribution in [0.4, 0.5) is 0 Å². The summed E-state index contributed by atoms with van der Waals surface area (Å²) in [4.78, 5) is 36.5. The van der Waals surface area contributed by atoms with Crippen LogP contribution < -0.4 is 16.6 Å². The molecular formula is C19H22N4O3. The van der Waals surface area contributed by atoms with E-state index >= 15 is 0 Å². The number of benzene rings is 1. The highest BCUT2D eigenvalue weighted by atomic mass is 16.2. The Bertz CT molecular complexity index is 1040. The van der Waals surface area contributed by atoms with Gasteiger partial charge < -0.3 is 9.88 Å². The molecule has 136 valence electrons. The second-order valence-corrected chi connectivity index (χ2v) is 6.33. The molecule has 0 aliphatic heterocycles. The summed E-state index contributed by atoms with van der Waals surface area (Å²) in [5, 5.41) is 3.31. The zero-order valence-corrected chi connectivity index (χ0v) is 14.9. The van der Waals surface area contributed by atoms with Crippen molar-refractivity contribution in [2.45, 2.75) is 19.4 Å². The summed E-state index contributed by atoms with van der Waals surface area (Å²) >= 11 is 0. The minimum absolute atomic E-state index is 0.0648. The number of hydrogen-bond acceptors (Lipinski definition) is 3. The van der Waals surface area contributed by atoms with E-state index in [1.807, 2.05) is 18.2 Å². The van der Waals surface area contributed by atoms with Gasteiger partial charge in [-0.05, 0) is 24.5 Å². The summed E-state index contributed by atoms with van der Waals surface area (Å²) in [6, 6.07) is 11.7. The molecule has 0 aliphatic carbocycles. The molecule has 0 fully saturated rings. The molecule has 1 N–H and O–H groups in total. The van der Waals surface area contributed by atoms with Gasteiger partial charge in [-0.3, -0.25) is 18.7 Å². The van der Waals surface area contributed by atoms with Crippen molar-refractivity contribution in [3.05, 3.63) is 69.0 Å². The van der Waals surface area contributed by atoms with Gasteiger partial charge >= 0.3 is 5.69 Å². The van der Waals surface area contributed by atoms with Crippen LogP contribution in [0.1, 0.15) is 12.0 Å². The summed E-state index contributed by atoms with van der Waals surface area (Å²) in [5.74, 6) is -0.149. The van der Waals surface area contributed by atoms with Crippen molar-refractivity contribution in [2.24, 2.45) is 14.1 Å². The minimum atomic E-state index is -0.411. The predicted molar refractivity (Wildman–Crippen MR) is 100 cm³/mol. The van der Waals surface area contributed by atoms with Gasteiger partial charge in [-0.2, -0.15) is 0 Å². The zero-order valence-electron chi connectivity index (χ0n) is 14.9. The number of aromatic nitrogens is 3. The second kappa shape index (κ2) is 7.43. The molecule has 0 atom stereocenters. The van der Waals surface area contributed by atoms with Crippen LogP contribution >= 0.6 is 0 Å². The lowest BCUT2D eigenvalue weighted by Gasteiger charge is -2.10. The highest BCUT2D eigenvalue weighted by Gasteiger charge is 2.14. The third-order valence-corrected chi connectivity index (χ3v) is 4.48. The Kier molecular flexibility index (Phi) is 5.06. The predicted octanol–water partition coefficient (Wildman–Crippen LogP) is 0.788. The number of rotatable bonds is 6. The Labute approximate surface area is 150 Å². The van der Waals surface area contributed by atoms with E-state index in [9.17, 15) is 14.4 Å². The Morgan fingerprint density at radius 3 is 2.50 bits per heavy atom. The fraction of sp³-hybridized carbons (Fsp3) is 0.316. The van der Waals surface area contributed by atoms with Gasteiger partial charge in [-0.15, -0.1) is 0 Å². The van der Waals surface area contributed by atoms with Crippen molar-refractivity contribution >= 4 is 16.9 Å². The monoisotopic (exact) mass is 354 g/mol. The standard InChI is InChI=1S/C19H22N4O3/c1-21-17-15(18(25)22(2)19(21)26)10-12-23(17)13-16(24)20-11-6-9-14-7-4-3-5-8-14/h3-5,7-8,10,12H,6,9,11,13H2,1-2H3,(H,20,24). The van der Waals surface area contributed by atoms with Crippen LogP contribution in [0.25, 0.3) is 11.0 Å². The molecule has 1 amide bonds. The van der Waals surface area contributed by atoms with Crippen LogP contribution in [0.5, 0.6) is 0 Å². The summed E-state index contributed by atoms with van der Waals surface area (Å²) in [6.45, 7) is 0.642. The van der Waals surface area contributed by atoms with E-state index in [0.29, 0.717) is 17.6 Å². The quantitative estimate of drug-likeness (QED) is 0.665. The van der Waals surface area contributed by atoms with Gasteiger partial charge in [-0.1, -0.05) is 30.3 Å². The molecule has 0 spiro atoms. The van der Waals surface area contributed by atoms with Crippen molar-refractivity contribution in [1.29, 1.82) is 0 Å². The van der Waals surface area contributed by atoms with Gasteiger partial charge in [0.2, 0.25) is 5.91 Å². The van der Waals surface area contributed by atoms with E-state index in [1.54, 1.807) is 23.9 Å². The van der Waals surface area contributed by atoms with Gasteiger partial charge in [0.05, 0.1) is 5.39 Å². The Hall–Kier alpha value is -3.09. The summed E-state index contributed by atoms with van der Waals surface area (Å²) < 4.78 is 4.08. The van der Waals surface area contributed by atoms with Crippen LogP contribution in [0, 0.1) is 0 Å². The van der Waals surface area contributed by atoms with Crippen LogP contribution in [-0.2, 0) is 31.9 Å². The van der Waals surface area contributed by atoms with Gasteiger partial charge in [0.1, 0.15) is 12.2 Å². The molecule has 3 rings (SSSR count). The first-order valence-corrected chi connectivity index (χ1v) is 8.54. The Morgan fingerprint density at radius 1 is 1.04 bits per heavy atom. The highest BCUT2D eigenvalue weighted by molar-refractivity contribution is 5.80. The second-order valence-electron chi connectivity index (χ2n) is 6.33. The maximum atomic E-state index is 12.2. The summed E-state index contributed by atoms with van der Waals surface area (Å²) in [7, 11) is 3.04. The number of carbonyl (C=O) groups excluding carboxylic acids is 1. The minimum Gasteiger partial charge on any atom is -0.355 e. The van der Waals surface area contributed by atoms with Gasteiger partial charge in [0.25, 0.3) is 5.56 Å². The fourth-order valence-electron chi connectivity index (χ4n) is 3.09. The molecule has 0 unspecified atom stereocenters. The van der Waals surface area contributed by atoms with Gasteiger partial charge in [-0.25, -0.2) is 4.79 Å². The smallest absolute Gasteiger partial charge is 0.332 e. The summed E-state index contributed by atoms with van der Waals surface area (Å²) in [5.41, 5.74) is 0.928. The Morgan fingerprint density at radius 2 is 1.77 bits per heavy atom. The number of hydrogen-bond donors (Lipinski definition) is 1. The van der Waals surface area contributed by atoms with E-state index in [-0.39, 0.29) is 18.0 Å². The lowest BCUT2D eigenvalue weighted by atomic mass is 10.1. The lowest BCUT2D eigenvalue weighted by Crippen LogP contribution is -2.37. The average molecular weight is 354 g/mol. The van der Waals surface area contributed by atoms with Crippen molar-refractivity contribution in [1.82, 2.24) is 19.0 Å². The molecule has 0 aliphatic rings. The number of fused-ring (bicyclic) bond motifs is 1. The number of nitrogens with zero attached hydrogens (tertiary/aromatic N) is 3. The Balaban J connectivity index is 1.65. The normalized spacial score (nSPS) is 11.0. The van der Waals surface area contributed by atoms with Crippen LogP contribution in [0.15, 0.2) is 52.2 Å². The first kappa shape index (κ1) is 17.7. The van der Waals surface area contributed by atoms with Gasteiger partial charge in [0, 0.05) is 26.8 Å². The van der Waals surface area contributed by atoms with Crippen LogP contribution in [0.3, 0.4) is 0 Å². The topological polar surface area (TPSA) is 78.0 Å². The van der Waals surface area contributed by atoms with E-state index in [0.717, 1.165) is 17.4 Å². The van der Waals surface area contributed by atoms with Crippen molar-refractivity contribution < 1.29 is 4.79 Å². The van der Waals surface area contributed by atoms with E-state index < -0.39 is 5.69 Å². The lowest BCUT2D eigenvalue weighted by molar-refractivity contribution is -0.121. The van der Waals surface area contributed by atoms with E-state index in [1.165, 1.54) is 17.2 Å². The fourth-order valence-corrected chi connectivity index (χ4v) is 3.09. The number of amides is 1. The molecular weight excluding hydrogens is 332 g/mol. The first-order chi connectivity index (χ1) is 12.5. The zero-order chi connectivity index (χ0) is 18.7. The van der Waals surface area contributed by atoms with Crippen molar-refractivity contribution in [3.63, 3.8) is 0 Å². The molecule has 26 heavy (non-hydrogen) atoms. The van der Waals surface area contributed by atoms with Crippen molar-refractivity contribution in [3.8, 4) is 0 Å². The number of carbonyl (C=O) groups is 1. The molecule has 2 aromatic heterocycles. The van der Waals surface area contributed by atoms with Crippen molar-refractivity contribution in [2.75, 3.05) is 6.54 Å². The van der Waals surface area contributed by atoms with E-state index in [4.69, 9.17) is 0 Å². The van der Waals surface area contributed by atoms with Crippen LogP contribution in [0.2, 0.25) is 0 Å². The largest absolute Gasteiger partial charge is 0.355 e. The first-order valence-electron chi connectivity index (χ1n) is 8.54. The maximum Gasteiger partial charge on any atom is 0.332 e. The third-order valence-electron chi connectivity index (χ3n) is 4.48. The average Bonchev–Trinajstić information content (AvgIpc) is 3.06. The number of aryl methyl sites for hydroxylation is 2. The van der Waals surface area contributed by atoms with E-state index in [2.05, 4.69) is 17.4 Å². The molecule has 3 aromatic rings. The van der Waals surface area contributed by atoms with Crippen LogP contribution in [-0.4, -0.2) is 26.2 Å². The molecule has 0 saturated heterocycles. The summed E-state index contributed by atoms with van der Waals surface area (Å²) in [6.07, 6.45) is 3.41. The highest BCUT2D eigenvalue weighted by Crippen LogP contribution is 2.09. The van der Waals surface area contributed by atoms with Gasteiger partial charge in [0.15, 0.2) is 0 Å². The molecule has 0 saturated carbocycles. The molecule has 7 heteroatoms. The molecule has 1 aromatic carbocycles. The number of nitrogens with one attached hydrogen (secondary N) is 1. The molecule has 2 heterocycles. The molecule has 0 bridgehead atoms.